The van der Waals surface area contributed by atoms with Gasteiger partial charge < -0.3 is 20.1 Å². The highest BCUT2D eigenvalue weighted by molar-refractivity contribution is 5.69. The zero-order valence-corrected chi connectivity index (χ0v) is 13.7. The molecule has 0 aromatic carbocycles. The lowest BCUT2D eigenvalue weighted by Gasteiger charge is -2.43. The van der Waals surface area contributed by atoms with Crippen molar-refractivity contribution in [2.45, 2.75) is 64.5 Å². The molecule has 0 unspecified atom stereocenters. The number of nitrogens with one attached hydrogen (secondary N) is 1. The standard InChI is InChI=1S/C16H30N2O3/c1-15(2,3)21-14(20)18-9-13(10-18)17-11-16(12-19)7-5-4-6-8-16/h13,17,19H,4-12H2,1-3H3. The molecule has 1 aliphatic carbocycles. The Morgan fingerprint density at radius 2 is 1.90 bits per heavy atom. The minimum absolute atomic E-state index is 0.0601. The predicted molar refractivity (Wildman–Crippen MR) is 82.2 cm³/mol. The molecule has 5 heteroatoms. The number of ether oxygens (including phenoxy) is 1. The summed E-state index contributed by atoms with van der Waals surface area (Å²) in [4.78, 5) is 13.6. The number of hydrogen-bond donors (Lipinski definition) is 2. The average molecular weight is 298 g/mol. The second-order valence-electron chi connectivity index (χ2n) is 7.68. The topological polar surface area (TPSA) is 61.8 Å². The van der Waals surface area contributed by atoms with Crippen molar-refractivity contribution in [3.05, 3.63) is 0 Å². The monoisotopic (exact) mass is 298 g/mol. The molecule has 1 heterocycles. The number of amides is 1. The first-order valence-electron chi connectivity index (χ1n) is 8.16. The van der Waals surface area contributed by atoms with Crippen LogP contribution in [0.3, 0.4) is 0 Å². The smallest absolute Gasteiger partial charge is 0.410 e. The molecular weight excluding hydrogens is 268 g/mol. The van der Waals surface area contributed by atoms with Crippen LogP contribution in [-0.4, -0.2) is 54.0 Å². The normalized spacial score (nSPS) is 22.8. The van der Waals surface area contributed by atoms with E-state index < -0.39 is 5.60 Å². The Hall–Kier alpha value is -0.810. The molecule has 1 saturated heterocycles. The van der Waals surface area contributed by atoms with Gasteiger partial charge in [0, 0.05) is 37.7 Å². The summed E-state index contributed by atoms with van der Waals surface area (Å²) in [6, 6.07) is 0.336. The van der Waals surface area contributed by atoms with Crippen molar-refractivity contribution in [2.75, 3.05) is 26.2 Å². The zero-order chi connectivity index (χ0) is 15.5. The molecule has 21 heavy (non-hydrogen) atoms. The van der Waals surface area contributed by atoms with Crippen LogP contribution >= 0.6 is 0 Å². The molecule has 1 saturated carbocycles. The first-order valence-corrected chi connectivity index (χ1v) is 8.16. The number of hydrogen-bond acceptors (Lipinski definition) is 4. The summed E-state index contributed by atoms with van der Waals surface area (Å²) < 4.78 is 5.34. The fourth-order valence-corrected chi connectivity index (χ4v) is 3.14. The molecule has 2 fully saturated rings. The largest absolute Gasteiger partial charge is 0.444 e. The SMILES string of the molecule is CC(C)(C)OC(=O)N1CC(NCC2(CO)CCCCC2)C1. The van der Waals surface area contributed by atoms with Crippen LogP contribution < -0.4 is 5.32 Å². The molecule has 122 valence electrons. The van der Waals surface area contributed by atoms with Crippen molar-refractivity contribution in [2.24, 2.45) is 5.41 Å². The minimum Gasteiger partial charge on any atom is -0.444 e. The van der Waals surface area contributed by atoms with E-state index in [1.54, 1.807) is 4.90 Å². The van der Waals surface area contributed by atoms with Crippen LogP contribution in [-0.2, 0) is 4.74 Å². The molecule has 5 nitrogen and oxygen atoms in total. The Bertz CT molecular complexity index is 353. The third-order valence-electron chi connectivity index (χ3n) is 4.55. The summed E-state index contributed by atoms with van der Waals surface area (Å²) in [5.41, 5.74) is -0.372. The van der Waals surface area contributed by atoms with Crippen LogP contribution in [0.25, 0.3) is 0 Å². The van der Waals surface area contributed by atoms with Gasteiger partial charge >= 0.3 is 6.09 Å². The molecule has 2 aliphatic rings. The molecule has 2 N–H and O–H groups in total. The summed E-state index contributed by atoms with van der Waals surface area (Å²) in [7, 11) is 0. The predicted octanol–water partition coefficient (Wildman–Crippen LogP) is 2.14. The summed E-state index contributed by atoms with van der Waals surface area (Å²) in [5.74, 6) is 0. The van der Waals surface area contributed by atoms with Crippen LogP contribution in [0.2, 0.25) is 0 Å². The lowest BCUT2D eigenvalue weighted by atomic mass is 9.74. The Kier molecular flexibility index (Phi) is 5.15. The lowest BCUT2D eigenvalue weighted by Crippen LogP contribution is -2.62. The maximum Gasteiger partial charge on any atom is 0.410 e. The number of rotatable bonds is 4. The van der Waals surface area contributed by atoms with E-state index in [0.29, 0.717) is 19.1 Å². The minimum atomic E-state index is -0.432. The number of aliphatic hydroxyl groups is 1. The second kappa shape index (κ2) is 6.53. The Labute approximate surface area is 128 Å². The molecule has 0 atom stereocenters. The Morgan fingerprint density at radius 3 is 2.43 bits per heavy atom. The average Bonchev–Trinajstić information content (AvgIpc) is 2.36. The summed E-state index contributed by atoms with van der Waals surface area (Å²) in [5, 5.41) is 13.2. The van der Waals surface area contributed by atoms with Gasteiger partial charge in [0.15, 0.2) is 0 Å². The van der Waals surface area contributed by atoms with Gasteiger partial charge in [-0.25, -0.2) is 4.79 Å². The van der Waals surface area contributed by atoms with Gasteiger partial charge in [0.25, 0.3) is 0 Å². The number of nitrogens with zero attached hydrogens (tertiary/aromatic N) is 1. The highest BCUT2D eigenvalue weighted by Crippen LogP contribution is 2.35. The van der Waals surface area contributed by atoms with Crippen molar-refractivity contribution >= 4 is 6.09 Å². The van der Waals surface area contributed by atoms with Gasteiger partial charge in [-0.1, -0.05) is 19.3 Å². The lowest BCUT2D eigenvalue weighted by molar-refractivity contribution is 0.00189. The second-order valence-corrected chi connectivity index (χ2v) is 7.68. The third-order valence-corrected chi connectivity index (χ3v) is 4.55. The van der Waals surface area contributed by atoms with Crippen LogP contribution in [0.1, 0.15) is 52.9 Å². The van der Waals surface area contributed by atoms with Crippen molar-refractivity contribution in [3.8, 4) is 0 Å². The molecule has 1 aliphatic heterocycles. The van der Waals surface area contributed by atoms with Gasteiger partial charge in [0.05, 0.1) is 0 Å². The van der Waals surface area contributed by atoms with Crippen LogP contribution in [0.15, 0.2) is 0 Å². The molecule has 0 spiro atoms. The van der Waals surface area contributed by atoms with Crippen molar-refractivity contribution in [1.29, 1.82) is 0 Å². The van der Waals surface area contributed by atoms with Crippen molar-refractivity contribution < 1.29 is 14.6 Å². The van der Waals surface area contributed by atoms with Crippen LogP contribution in [0, 0.1) is 5.41 Å². The van der Waals surface area contributed by atoms with Gasteiger partial charge in [0.2, 0.25) is 0 Å². The maximum absolute atomic E-state index is 11.8. The maximum atomic E-state index is 11.8. The molecule has 0 bridgehead atoms. The third kappa shape index (κ3) is 4.58. The van der Waals surface area contributed by atoms with Crippen molar-refractivity contribution in [3.63, 3.8) is 0 Å². The summed E-state index contributed by atoms with van der Waals surface area (Å²) >= 11 is 0. The number of aliphatic hydroxyl groups excluding tert-OH is 1. The Morgan fingerprint density at radius 1 is 1.29 bits per heavy atom. The van der Waals surface area contributed by atoms with Gasteiger partial charge in [-0.2, -0.15) is 0 Å². The van der Waals surface area contributed by atoms with Crippen LogP contribution in [0.5, 0.6) is 0 Å². The van der Waals surface area contributed by atoms with E-state index in [2.05, 4.69) is 5.32 Å². The number of likely N-dealkylation sites (tertiary alicyclic amines) is 1. The first-order chi connectivity index (χ1) is 9.84. The number of carbonyl (C=O) groups excluding carboxylic acids is 1. The summed E-state index contributed by atoms with van der Waals surface area (Å²) in [6.45, 7) is 8.18. The summed E-state index contributed by atoms with van der Waals surface area (Å²) in [6.07, 6.45) is 5.72. The fourth-order valence-electron chi connectivity index (χ4n) is 3.14. The van der Waals surface area contributed by atoms with E-state index >= 15 is 0 Å². The molecule has 2 rings (SSSR count). The number of carbonyl (C=O) groups is 1. The van der Waals surface area contributed by atoms with E-state index in [1.807, 2.05) is 20.8 Å². The van der Waals surface area contributed by atoms with Crippen molar-refractivity contribution in [1.82, 2.24) is 10.2 Å². The van der Waals surface area contributed by atoms with E-state index in [9.17, 15) is 9.90 Å². The molecular formula is C16H30N2O3. The fraction of sp³-hybridized carbons (Fsp3) is 0.938. The molecule has 1 amide bonds. The van der Waals surface area contributed by atoms with E-state index in [4.69, 9.17) is 4.74 Å². The Balaban J connectivity index is 1.69. The van der Waals surface area contributed by atoms with Crippen LogP contribution in [0.4, 0.5) is 4.79 Å². The van der Waals surface area contributed by atoms with Gasteiger partial charge in [0.1, 0.15) is 5.60 Å². The highest BCUT2D eigenvalue weighted by Gasteiger charge is 2.36. The van der Waals surface area contributed by atoms with Gasteiger partial charge in [-0.05, 0) is 33.6 Å². The molecule has 0 aromatic heterocycles. The zero-order valence-electron chi connectivity index (χ0n) is 13.7. The van der Waals surface area contributed by atoms with E-state index in [0.717, 1.165) is 19.4 Å². The highest BCUT2D eigenvalue weighted by atomic mass is 16.6. The van der Waals surface area contributed by atoms with Gasteiger partial charge in [-0.3, -0.25) is 0 Å². The molecule has 0 aromatic rings. The van der Waals surface area contributed by atoms with Gasteiger partial charge in [-0.15, -0.1) is 0 Å². The van der Waals surface area contributed by atoms with E-state index in [1.165, 1.54) is 19.3 Å². The first kappa shape index (κ1) is 16.6. The molecule has 0 radical (unpaired) electrons. The quantitative estimate of drug-likeness (QED) is 0.835. The van der Waals surface area contributed by atoms with E-state index in [-0.39, 0.29) is 18.1 Å².